The van der Waals surface area contributed by atoms with Gasteiger partial charge in [-0.15, -0.1) is 11.8 Å². The lowest BCUT2D eigenvalue weighted by Gasteiger charge is -2.33. The number of fused-ring (bicyclic) bond motifs is 1. The molecule has 0 saturated heterocycles. The first-order chi connectivity index (χ1) is 12.7. The molecule has 0 saturated carbocycles. The highest BCUT2D eigenvalue weighted by molar-refractivity contribution is 7.99. The van der Waals surface area contributed by atoms with E-state index in [9.17, 15) is 0 Å². The Bertz CT molecular complexity index is 868. The Kier molecular flexibility index (Phi) is 5.55. The van der Waals surface area contributed by atoms with Gasteiger partial charge in [-0.1, -0.05) is 35.3 Å². The van der Waals surface area contributed by atoms with Crippen LogP contribution in [0.15, 0.2) is 59.8 Å². The molecule has 0 spiro atoms. The summed E-state index contributed by atoms with van der Waals surface area (Å²) in [6.07, 6.45) is 4.47. The van der Waals surface area contributed by atoms with Crippen LogP contribution in [0.1, 0.15) is 23.1 Å². The molecule has 0 aliphatic carbocycles. The standard InChI is InChI=1S/C20H18Cl2N2OS/c21-15-3-1-13(2-4-15)11-25-20-14(9-19-23-7-8-24-19)12-26-18-6-5-16(22)10-17(18)20/h1-8,10,14,20H,9,11-12H2,(H,23,24)/t14-,20-/m0/s1. The SMILES string of the molecule is Clc1ccc(CO[C@@H]2c3cc(Cl)ccc3SC[C@@H]2Cc2ncc[nH]2)cc1. The van der Waals surface area contributed by atoms with Gasteiger partial charge in [0.05, 0.1) is 12.7 Å². The summed E-state index contributed by atoms with van der Waals surface area (Å²) >= 11 is 14.1. The number of rotatable bonds is 5. The maximum Gasteiger partial charge on any atom is 0.106 e. The molecule has 1 aliphatic rings. The molecule has 3 nitrogen and oxygen atoms in total. The van der Waals surface area contributed by atoms with Gasteiger partial charge in [-0.3, -0.25) is 0 Å². The lowest BCUT2D eigenvalue weighted by Crippen LogP contribution is -2.25. The van der Waals surface area contributed by atoms with E-state index in [-0.39, 0.29) is 6.10 Å². The number of nitrogens with one attached hydrogen (secondary N) is 1. The van der Waals surface area contributed by atoms with Gasteiger partial charge in [0.15, 0.2) is 0 Å². The normalized spacial score (nSPS) is 19.3. The van der Waals surface area contributed by atoms with Crippen LogP contribution in [0.5, 0.6) is 0 Å². The van der Waals surface area contributed by atoms with E-state index in [1.54, 1.807) is 6.20 Å². The quantitative estimate of drug-likeness (QED) is 0.571. The van der Waals surface area contributed by atoms with Gasteiger partial charge >= 0.3 is 0 Å². The minimum absolute atomic E-state index is 0.0225. The van der Waals surface area contributed by atoms with Gasteiger partial charge in [0.25, 0.3) is 0 Å². The topological polar surface area (TPSA) is 37.9 Å². The number of halogens is 2. The number of aromatic amines is 1. The van der Waals surface area contributed by atoms with Gasteiger partial charge < -0.3 is 9.72 Å². The average Bonchev–Trinajstić information content (AvgIpc) is 3.15. The Balaban J connectivity index is 1.58. The Labute approximate surface area is 167 Å². The van der Waals surface area contributed by atoms with E-state index in [0.717, 1.165) is 33.6 Å². The van der Waals surface area contributed by atoms with Gasteiger partial charge in [0.1, 0.15) is 5.82 Å². The van der Waals surface area contributed by atoms with E-state index in [2.05, 4.69) is 16.0 Å². The summed E-state index contributed by atoms with van der Waals surface area (Å²) in [5.41, 5.74) is 2.27. The van der Waals surface area contributed by atoms with Crippen molar-refractivity contribution in [2.75, 3.05) is 5.75 Å². The van der Waals surface area contributed by atoms with Crippen LogP contribution in [0.25, 0.3) is 0 Å². The van der Waals surface area contributed by atoms with Gasteiger partial charge in [-0.05, 0) is 41.5 Å². The number of benzene rings is 2. The number of hydrogen-bond acceptors (Lipinski definition) is 3. The first-order valence-corrected chi connectivity index (χ1v) is 10.2. The third-order valence-electron chi connectivity index (χ3n) is 4.51. The number of ether oxygens (including phenoxy) is 1. The van der Waals surface area contributed by atoms with Crippen LogP contribution in [0, 0.1) is 5.92 Å². The fourth-order valence-corrected chi connectivity index (χ4v) is 4.73. The second-order valence-electron chi connectivity index (χ2n) is 6.35. The Hall–Kier alpha value is -1.46. The molecule has 2 aromatic carbocycles. The summed E-state index contributed by atoms with van der Waals surface area (Å²) in [4.78, 5) is 8.83. The summed E-state index contributed by atoms with van der Waals surface area (Å²) in [7, 11) is 0. The Morgan fingerprint density at radius 1 is 1.12 bits per heavy atom. The van der Waals surface area contributed by atoms with Gasteiger partial charge in [-0.2, -0.15) is 0 Å². The lowest BCUT2D eigenvalue weighted by molar-refractivity contribution is 0.00175. The van der Waals surface area contributed by atoms with Crippen molar-refractivity contribution in [2.45, 2.75) is 24.0 Å². The number of thioether (sulfide) groups is 1. The van der Waals surface area contributed by atoms with Crippen molar-refractivity contribution in [1.82, 2.24) is 9.97 Å². The predicted molar refractivity (Wildman–Crippen MR) is 107 cm³/mol. The molecule has 0 radical (unpaired) electrons. The van der Waals surface area contributed by atoms with E-state index < -0.39 is 0 Å². The fraction of sp³-hybridized carbons (Fsp3) is 0.250. The van der Waals surface area contributed by atoms with Crippen LogP contribution in [0.3, 0.4) is 0 Å². The van der Waals surface area contributed by atoms with Gasteiger partial charge in [0.2, 0.25) is 0 Å². The molecule has 2 atom stereocenters. The lowest BCUT2D eigenvalue weighted by atomic mass is 9.93. The highest BCUT2D eigenvalue weighted by Gasteiger charge is 2.32. The van der Waals surface area contributed by atoms with Crippen LogP contribution in [0.4, 0.5) is 0 Å². The molecule has 1 aromatic heterocycles. The molecule has 134 valence electrons. The molecular weight excluding hydrogens is 387 g/mol. The first kappa shape index (κ1) is 17.9. The van der Waals surface area contributed by atoms with Crippen molar-refractivity contribution < 1.29 is 4.74 Å². The van der Waals surface area contributed by atoms with E-state index >= 15 is 0 Å². The van der Waals surface area contributed by atoms with Crippen LogP contribution >= 0.6 is 35.0 Å². The molecule has 0 amide bonds. The first-order valence-electron chi connectivity index (χ1n) is 8.45. The molecule has 26 heavy (non-hydrogen) atoms. The largest absolute Gasteiger partial charge is 0.368 e. The van der Waals surface area contributed by atoms with Crippen LogP contribution in [0.2, 0.25) is 10.0 Å². The average molecular weight is 405 g/mol. The number of hydrogen-bond donors (Lipinski definition) is 1. The van der Waals surface area contributed by atoms with Crippen molar-refractivity contribution in [3.8, 4) is 0 Å². The zero-order chi connectivity index (χ0) is 17.9. The van der Waals surface area contributed by atoms with Gasteiger partial charge in [0, 0.05) is 45.4 Å². The summed E-state index contributed by atoms with van der Waals surface area (Å²) in [6, 6.07) is 13.8. The highest BCUT2D eigenvalue weighted by atomic mass is 35.5. The van der Waals surface area contributed by atoms with E-state index in [0.29, 0.717) is 12.5 Å². The Morgan fingerprint density at radius 3 is 2.69 bits per heavy atom. The number of imidazole rings is 1. The predicted octanol–water partition coefficient (Wildman–Crippen LogP) is 5.94. The summed E-state index contributed by atoms with van der Waals surface area (Å²) in [6.45, 7) is 0.535. The monoisotopic (exact) mass is 404 g/mol. The zero-order valence-electron chi connectivity index (χ0n) is 14.0. The maximum atomic E-state index is 6.40. The van der Waals surface area contributed by atoms with Crippen molar-refractivity contribution in [1.29, 1.82) is 0 Å². The summed E-state index contributed by atoms with van der Waals surface area (Å²) in [5.74, 6) is 2.30. The molecule has 1 N–H and O–H groups in total. The molecule has 2 heterocycles. The van der Waals surface area contributed by atoms with Crippen molar-refractivity contribution in [3.63, 3.8) is 0 Å². The van der Waals surface area contributed by atoms with E-state index in [1.165, 1.54) is 10.5 Å². The van der Waals surface area contributed by atoms with E-state index in [1.807, 2.05) is 54.4 Å². The second kappa shape index (κ2) is 8.05. The third-order valence-corrected chi connectivity index (χ3v) is 6.28. The highest BCUT2D eigenvalue weighted by Crippen LogP contribution is 2.44. The van der Waals surface area contributed by atoms with Crippen LogP contribution in [-0.4, -0.2) is 15.7 Å². The molecular formula is C20H18Cl2N2OS. The van der Waals surface area contributed by atoms with Crippen molar-refractivity contribution in [3.05, 3.63) is 81.9 Å². The molecule has 1 aliphatic heterocycles. The minimum atomic E-state index is -0.0225. The number of aromatic nitrogens is 2. The van der Waals surface area contributed by atoms with Crippen LogP contribution < -0.4 is 0 Å². The van der Waals surface area contributed by atoms with E-state index in [4.69, 9.17) is 27.9 Å². The maximum absolute atomic E-state index is 6.40. The van der Waals surface area contributed by atoms with Crippen molar-refractivity contribution in [2.24, 2.45) is 5.92 Å². The molecule has 0 unspecified atom stereocenters. The summed E-state index contributed by atoms with van der Waals surface area (Å²) < 4.78 is 6.40. The third kappa shape index (κ3) is 4.09. The van der Waals surface area contributed by atoms with Crippen molar-refractivity contribution >= 4 is 35.0 Å². The molecule has 0 fully saturated rings. The van der Waals surface area contributed by atoms with Gasteiger partial charge in [-0.25, -0.2) is 4.98 Å². The fourth-order valence-electron chi connectivity index (χ4n) is 3.23. The molecule has 4 rings (SSSR count). The second-order valence-corrected chi connectivity index (χ2v) is 8.29. The van der Waals surface area contributed by atoms with Crippen LogP contribution in [-0.2, 0) is 17.8 Å². The Morgan fingerprint density at radius 2 is 1.92 bits per heavy atom. The summed E-state index contributed by atoms with van der Waals surface area (Å²) in [5, 5.41) is 1.47. The molecule has 3 aromatic rings. The number of H-pyrrole nitrogens is 1. The molecule has 0 bridgehead atoms. The molecule has 6 heteroatoms. The number of nitrogens with zero attached hydrogens (tertiary/aromatic N) is 1. The zero-order valence-corrected chi connectivity index (χ0v) is 16.3. The minimum Gasteiger partial charge on any atom is -0.368 e. The smallest absolute Gasteiger partial charge is 0.106 e.